The lowest BCUT2D eigenvalue weighted by Crippen LogP contribution is -2.21. The van der Waals surface area contributed by atoms with E-state index in [0.717, 1.165) is 29.2 Å². The number of rotatable bonds is 5. The predicted octanol–water partition coefficient (Wildman–Crippen LogP) is 2.75. The number of pyridine rings is 1. The molecule has 2 N–H and O–H groups in total. The minimum atomic E-state index is -0.0904. The molecule has 0 spiro atoms. The molecule has 0 radical (unpaired) electrons. The molecule has 0 amide bonds. The highest BCUT2D eigenvalue weighted by molar-refractivity contribution is 5.60. The predicted molar refractivity (Wildman–Crippen MR) is 81.9 cm³/mol. The zero-order chi connectivity index (χ0) is 14.5. The molecule has 0 fully saturated rings. The second-order valence-corrected chi connectivity index (χ2v) is 4.86. The highest BCUT2D eigenvalue weighted by Gasteiger charge is 2.16. The van der Waals surface area contributed by atoms with Crippen LogP contribution in [0.4, 0.5) is 5.69 Å². The fraction of sp³-hybridized carbons (Fsp3) is 0.312. The molecule has 106 valence electrons. The highest BCUT2D eigenvalue weighted by atomic mass is 16.5. The van der Waals surface area contributed by atoms with Crippen LogP contribution in [0.5, 0.6) is 5.75 Å². The topological polar surface area (TPSA) is 51.4 Å². The van der Waals surface area contributed by atoms with Crippen LogP contribution in [-0.2, 0) is 6.54 Å². The summed E-state index contributed by atoms with van der Waals surface area (Å²) >= 11 is 0. The van der Waals surface area contributed by atoms with Crippen molar-refractivity contribution in [3.63, 3.8) is 0 Å². The van der Waals surface area contributed by atoms with Gasteiger partial charge in [-0.25, -0.2) is 0 Å². The summed E-state index contributed by atoms with van der Waals surface area (Å²) in [6, 6.07) is 11.8. The zero-order valence-electron chi connectivity index (χ0n) is 12.2. The maximum Gasteiger partial charge on any atom is 0.125 e. The van der Waals surface area contributed by atoms with Gasteiger partial charge in [0.15, 0.2) is 0 Å². The van der Waals surface area contributed by atoms with Crippen LogP contribution < -0.4 is 15.4 Å². The average Bonchev–Trinajstić information content (AvgIpc) is 2.47. The van der Waals surface area contributed by atoms with Gasteiger partial charge >= 0.3 is 0 Å². The van der Waals surface area contributed by atoms with E-state index in [4.69, 9.17) is 10.5 Å². The van der Waals surface area contributed by atoms with E-state index in [9.17, 15) is 0 Å². The Kier molecular flexibility index (Phi) is 4.58. The Labute approximate surface area is 120 Å². The molecule has 0 aliphatic rings. The second-order valence-electron chi connectivity index (χ2n) is 4.86. The number of benzene rings is 1. The monoisotopic (exact) mass is 271 g/mol. The first-order valence-corrected chi connectivity index (χ1v) is 6.67. The smallest absolute Gasteiger partial charge is 0.125 e. The minimum Gasteiger partial charge on any atom is -0.496 e. The molecule has 4 nitrogen and oxygen atoms in total. The van der Waals surface area contributed by atoms with Crippen molar-refractivity contribution in [2.75, 3.05) is 19.1 Å². The summed E-state index contributed by atoms with van der Waals surface area (Å²) < 4.78 is 5.43. The summed E-state index contributed by atoms with van der Waals surface area (Å²) in [4.78, 5) is 6.50. The maximum atomic E-state index is 6.10. The van der Waals surface area contributed by atoms with Crippen molar-refractivity contribution >= 4 is 5.69 Å². The number of hydrogen-bond acceptors (Lipinski definition) is 4. The van der Waals surface area contributed by atoms with Crippen LogP contribution in [0.1, 0.15) is 24.2 Å². The van der Waals surface area contributed by atoms with Crippen LogP contribution in [0.25, 0.3) is 0 Å². The molecule has 0 aliphatic carbocycles. The van der Waals surface area contributed by atoms with Crippen molar-refractivity contribution in [3.8, 4) is 5.75 Å². The van der Waals surface area contributed by atoms with E-state index in [1.807, 2.05) is 44.3 Å². The number of hydrogen-bond donors (Lipinski definition) is 1. The molecule has 20 heavy (non-hydrogen) atoms. The third-order valence-corrected chi connectivity index (χ3v) is 3.25. The first-order valence-electron chi connectivity index (χ1n) is 6.67. The maximum absolute atomic E-state index is 6.10. The summed E-state index contributed by atoms with van der Waals surface area (Å²) in [5, 5.41) is 0. The van der Waals surface area contributed by atoms with E-state index in [-0.39, 0.29) is 6.04 Å². The molecule has 1 atom stereocenters. The van der Waals surface area contributed by atoms with Gasteiger partial charge in [-0.1, -0.05) is 12.1 Å². The van der Waals surface area contributed by atoms with E-state index < -0.39 is 0 Å². The van der Waals surface area contributed by atoms with Gasteiger partial charge in [0.25, 0.3) is 0 Å². The lowest BCUT2D eigenvalue weighted by molar-refractivity contribution is 0.407. The number of nitrogens with zero attached hydrogens (tertiary/aromatic N) is 2. The molecule has 1 heterocycles. The third-order valence-electron chi connectivity index (χ3n) is 3.25. The summed E-state index contributed by atoms with van der Waals surface area (Å²) in [6.07, 6.45) is 1.81. The molecule has 2 aromatic rings. The van der Waals surface area contributed by atoms with Gasteiger partial charge in [0.2, 0.25) is 0 Å². The van der Waals surface area contributed by atoms with Crippen molar-refractivity contribution in [3.05, 3.63) is 53.9 Å². The van der Waals surface area contributed by atoms with Crippen LogP contribution in [-0.4, -0.2) is 19.1 Å². The number of ether oxygens (including phenoxy) is 1. The van der Waals surface area contributed by atoms with Crippen LogP contribution in [0, 0.1) is 0 Å². The lowest BCUT2D eigenvalue weighted by atomic mass is 10.0. The first-order chi connectivity index (χ1) is 9.63. The summed E-state index contributed by atoms with van der Waals surface area (Å²) in [5.74, 6) is 0.824. The van der Waals surface area contributed by atoms with Crippen molar-refractivity contribution in [1.29, 1.82) is 0 Å². The standard InChI is InChI=1S/C16H21N3O/c1-12(17)16-14(8-6-9-15(16)20-3)19(2)11-13-7-4-5-10-18-13/h4-10,12H,11,17H2,1-3H3. The van der Waals surface area contributed by atoms with Crippen LogP contribution in [0.15, 0.2) is 42.6 Å². The third kappa shape index (κ3) is 3.08. The molecule has 0 bridgehead atoms. The van der Waals surface area contributed by atoms with E-state index in [1.54, 1.807) is 13.3 Å². The molecule has 1 aromatic carbocycles. The van der Waals surface area contributed by atoms with E-state index >= 15 is 0 Å². The van der Waals surface area contributed by atoms with Crippen molar-refractivity contribution in [2.45, 2.75) is 19.5 Å². The second kappa shape index (κ2) is 6.39. The zero-order valence-corrected chi connectivity index (χ0v) is 12.2. The van der Waals surface area contributed by atoms with Gasteiger partial charge in [-0.3, -0.25) is 4.98 Å². The average molecular weight is 271 g/mol. The Morgan fingerprint density at radius 2 is 2.05 bits per heavy atom. The van der Waals surface area contributed by atoms with E-state index in [1.165, 1.54) is 0 Å². The number of anilines is 1. The number of nitrogens with two attached hydrogens (primary N) is 1. The Hall–Kier alpha value is -2.07. The molecule has 1 unspecified atom stereocenters. The number of methoxy groups -OCH3 is 1. The van der Waals surface area contributed by atoms with Crippen LogP contribution in [0.3, 0.4) is 0 Å². The summed E-state index contributed by atoms with van der Waals surface area (Å²) in [7, 11) is 3.71. The SMILES string of the molecule is COc1cccc(N(C)Cc2ccccn2)c1C(C)N. The van der Waals surface area contributed by atoms with E-state index in [0.29, 0.717) is 0 Å². The molecular weight excluding hydrogens is 250 g/mol. The van der Waals surface area contributed by atoms with Crippen molar-refractivity contribution in [1.82, 2.24) is 4.98 Å². The Balaban J connectivity index is 2.32. The Morgan fingerprint density at radius 1 is 1.25 bits per heavy atom. The van der Waals surface area contributed by atoms with Gasteiger partial charge in [0, 0.05) is 30.5 Å². The van der Waals surface area contributed by atoms with Crippen LogP contribution >= 0.6 is 0 Å². The Bertz CT molecular complexity index is 555. The van der Waals surface area contributed by atoms with Crippen LogP contribution in [0.2, 0.25) is 0 Å². The fourth-order valence-corrected chi connectivity index (χ4v) is 2.32. The number of aromatic nitrogens is 1. The Morgan fingerprint density at radius 3 is 2.65 bits per heavy atom. The van der Waals surface area contributed by atoms with Gasteiger partial charge in [-0.2, -0.15) is 0 Å². The fourth-order valence-electron chi connectivity index (χ4n) is 2.32. The first kappa shape index (κ1) is 14.3. The lowest BCUT2D eigenvalue weighted by Gasteiger charge is -2.25. The van der Waals surface area contributed by atoms with E-state index in [2.05, 4.69) is 16.0 Å². The molecule has 2 rings (SSSR count). The minimum absolute atomic E-state index is 0.0904. The molecule has 1 aromatic heterocycles. The van der Waals surface area contributed by atoms with Crippen molar-refractivity contribution in [2.24, 2.45) is 5.73 Å². The molecule has 0 saturated carbocycles. The van der Waals surface area contributed by atoms with Gasteiger partial charge in [-0.05, 0) is 31.2 Å². The quantitative estimate of drug-likeness (QED) is 0.908. The molecule has 0 aliphatic heterocycles. The molecular formula is C16H21N3O. The summed E-state index contributed by atoms with van der Waals surface area (Å²) in [5.41, 5.74) is 9.22. The molecule has 0 saturated heterocycles. The normalized spacial score (nSPS) is 12.0. The van der Waals surface area contributed by atoms with Gasteiger partial charge < -0.3 is 15.4 Å². The molecule has 4 heteroatoms. The van der Waals surface area contributed by atoms with Gasteiger partial charge in [0.05, 0.1) is 19.3 Å². The largest absolute Gasteiger partial charge is 0.496 e. The highest BCUT2D eigenvalue weighted by Crippen LogP contribution is 2.33. The van der Waals surface area contributed by atoms with Gasteiger partial charge in [-0.15, -0.1) is 0 Å². The van der Waals surface area contributed by atoms with Gasteiger partial charge in [0.1, 0.15) is 5.75 Å². The summed E-state index contributed by atoms with van der Waals surface area (Å²) in [6.45, 7) is 2.70. The van der Waals surface area contributed by atoms with Crippen molar-refractivity contribution < 1.29 is 4.74 Å².